The molecule has 0 atom stereocenters. The van der Waals surface area contributed by atoms with Crippen molar-refractivity contribution in [3.05, 3.63) is 71.5 Å². The predicted octanol–water partition coefficient (Wildman–Crippen LogP) is 2.12. The molecule has 44 heavy (non-hydrogen) atoms. The van der Waals surface area contributed by atoms with Gasteiger partial charge in [-0.15, -0.1) is 0 Å². The number of aliphatic carboxylic acids is 1. The molecule has 13 heteroatoms. The molecular formula is C31H38KN2O8S2+. The molecule has 0 spiro atoms. The Labute approximate surface area is 302 Å². The van der Waals surface area contributed by atoms with Gasteiger partial charge in [-0.25, -0.2) is 8.42 Å². The molecule has 0 aliphatic carbocycles. The van der Waals surface area contributed by atoms with Gasteiger partial charge in [-0.2, -0.15) is 13.0 Å². The number of unbranched alkanes of at least 4 members (excludes halogenated alkanes) is 2. The molecule has 2 heterocycles. The van der Waals surface area contributed by atoms with Crippen molar-refractivity contribution >= 4 is 43.3 Å². The maximum absolute atomic E-state index is 11.8. The zero-order chi connectivity index (χ0) is 32.0. The van der Waals surface area contributed by atoms with E-state index in [9.17, 15) is 30.7 Å². The molecule has 2 aromatic rings. The van der Waals surface area contributed by atoms with Gasteiger partial charge in [0, 0.05) is 53.9 Å². The van der Waals surface area contributed by atoms with Crippen molar-refractivity contribution in [2.45, 2.75) is 80.9 Å². The molecule has 0 saturated carbocycles. The third-order valence-corrected chi connectivity index (χ3v) is 10.1. The average Bonchev–Trinajstić information content (AvgIpc) is 3.25. The summed E-state index contributed by atoms with van der Waals surface area (Å²) in [5.41, 5.74) is 3.75. The van der Waals surface area contributed by atoms with Gasteiger partial charge in [0.1, 0.15) is 16.7 Å². The van der Waals surface area contributed by atoms with Gasteiger partial charge in [0.15, 0.2) is 5.71 Å². The predicted molar refractivity (Wildman–Crippen MR) is 163 cm³/mol. The van der Waals surface area contributed by atoms with Crippen LogP contribution in [0.5, 0.6) is 0 Å². The number of carboxylic acid groups (broad SMARTS) is 1. The largest absolute Gasteiger partial charge is 1.00 e. The number of carbonyl (C=O) groups is 1. The summed E-state index contributed by atoms with van der Waals surface area (Å²) >= 11 is 0. The van der Waals surface area contributed by atoms with Gasteiger partial charge in [0.2, 0.25) is 5.69 Å². The Kier molecular flexibility index (Phi) is 11.4. The monoisotopic (exact) mass is 669 g/mol. The van der Waals surface area contributed by atoms with E-state index in [4.69, 9.17) is 5.11 Å². The van der Waals surface area contributed by atoms with Crippen molar-refractivity contribution in [3.8, 4) is 0 Å². The van der Waals surface area contributed by atoms with Gasteiger partial charge < -0.3 is 14.6 Å². The van der Waals surface area contributed by atoms with Crippen LogP contribution in [0.3, 0.4) is 0 Å². The molecule has 0 aromatic heterocycles. The third-order valence-electron chi connectivity index (χ3n) is 8.41. The van der Waals surface area contributed by atoms with Crippen molar-refractivity contribution in [1.29, 1.82) is 0 Å². The van der Waals surface area contributed by atoms with E-state index in [1.54, 1.807) is 12.1 Å². The molecule has 2 N–H and O–H groups in total. The van der Waals surface area contributed by atoms with Crippen LogP contribution in [0.25, 0.3) is 0 Å². The van der Waals surface area contributed by atoms with E-state index in [0.29, 0.717) is 37.9 Å². The molecule has 2 aromatic carbocycles. The van der Waals surface area contributed by atoms with E-state index in [0.717, 1.165) is 28.3 Å². The number of fused-ring (bicyclic) bond motifs is 2. The molecule has 0 unspecified atom stereocenters. The van der Waals surface area contributed by atoms with Crippen molar-refractivity contribution in [3.63, 3.8) is 0 Å². The summed E-state index contributed by atoms with van der Waals surface area (Å²) in [6, 6.07) is 9.02. The first kappa shape index (κ1) is 36.8. The Bertz CT molecular complexity index is 1780. The maximum atomic E-state index is 11.8. The second-order valence-corrected chi connectivity index (χ2v) is 14.7. The number of carboxylic acids is 1. The minimum Gasteiger partial charge on any atom is -0.744 e. The number of rotatable bonds is 11. The molecule has 0 amide bonds. The maximum Gasteiger partial charge on any atom is 1.00 e. The number of anilines is 1. The second-order valence-electron chi connectivity index (χ2n) is 11.9. The van der Waals surface area contributed by atoms with E-state index in [1.807, 2.05) is 52.8 Å². The van der Waals surface area contributed by atoms with E-state index >= 15 is 0 Å². The van der Waals surface area contributed by atoms with Gasteiger partial charge in [-0.1, -0.05) is 19.9 Å². The van der Waals surface area contributed by atoms with Crippen molar-refractivity contribution in [2.24, 2.45) is 0 Å². The number of nitrogens with zero attached hydrogens (tertiary/aromatic N) is 2. The van der Waals surface area contributed by atoms with Crippen molar-refractivity contribution in [1.82, 2.24) is 0 Å². The number of hydrogen-bond acceptors (Lipinski definition) is 7. The van der Waals surface area contributed by atoms with Gasteiger partial charge in [0.05, 0.1) is 15.2 Å². The van der Waals surface area contributed by atoms with E-state index in [1.165, 1.54) is 24.3 Å². The third kappa shape index (κ3) is 7.31. The summed E-state index contributed by atoms with van der Waals surface area (Å²) in [6.45, 7) is 11.1. The zero-order valence-corrected chi connectivity index (χ0v) is 30.7. The Balaban J connectivity index is 0.00000529. The topological polar surface area (TPSA) is 155 Å². The van der Waals surface area contributed by atoms with Crippen LogP contribution in [-0.4, -0.2) is 60.4 Å². The minimum absolute atomic E-state index is 0. The fourth-order valence-corrected chi connectivity index (χ4v) is 7.16. The first-order chi connectivity index (χ1) is 19.9. The standard InChI is InChI=1S/C31H38N2O8S2.K/c1-6-32-25-16-14-21(42(36,37)38)19-23(25)30(2,3)27(32)11-10-12-28-31(4,5)24-20-22(43(39,40)41)15-17-26(24)33(28)18-9-7-8-13-29(34)35;/h10-12,14-17,19-20H,6-9,13,18H2,1-5H3,(H2-,34,35,36,37,38,39,40,41);/q;+1. The zero-order valence-electron chi connectivity index (χ0n) is 26.0. The molecule has 232 valence electrons. The van der Waals surface area contributed by atoms with Crippen molar-refractivity contribution in [2.75, 3.05) is 18.0 Å². The summed E-state index contributed by atoms with van der Waals surface area (Å²) in [7, 11) is -9.02. The smallest absolute Gasteiger partial charge is 0.744 e. The number of benzene rings is 2. The molecule has 4 rings (SSSR count). The van der Waals surface area contributed by atoms with Crippen LogP contribution in [0.4, 0.5) is 11.4 Å². The van der Waals surface area contributed by atoms with Gasteiger partial charge in [-0.05, 0) is 75.6 Å². The summed E-state index contributed by atoms with van der Waals surface area (Å²) < 4.78 is 70.8. The summed E-state index contributed by atoms with van der Waals surface area (Å²) in [4.78, 5) is 12.6. The second kappa shape index (κ2) is 13.6. The molecular weight excluding hydrogens is 632 g/mol. The summed E-state index contributed by atoms with van der Waals surface area (Å²) in [5, 5.41) is 8.98. The molecule has 0 bridgehead atoms. The van der Waals surface area contributed by atoms with Crippen LogP contribution in [0, 0.1) is 0 Å². The van der Waals surface area contributed by atoms with Gasteiger partial charge in [-0.3, -0.25) is 9.35 Å². The van der Waals surface area contributed by atoms with Crippen molar-refractivity contribution < 1.29 is 91.8 Å². The molecule has 0 fully saturated rings. The molecule has 2 aliphatic rings. The summed E-state index contributed by atoms with van der Waals surface area (Å²) in [6.07, 6.45) is 7.91. The van der Waals surface area contributed by atoms with E-state index in [2.05, 4.69) is 9.48 Å². The Hall–Kier alpha value is -1.68. The van der Waals surface area contributed by atoms with Crippen LogP contribution < -0.4 is 56.3 Å². The normalized spacial score (nSPS) is 18.1. The SMILES string of the molecule is CCN1C(=CC=CC2=[N+](CCCCCC(=O)O)c3ccc(S(=O)(=O)[O-])cc3C2(C)C)C(C)(C)c2cc(S(=O)(=O)O)ccc21.[K+]. The molecule has 2 aliphatic heterocycles. The Morgan fingerprint density at radius 1 is 0.955 bits per heavy atom. The molecule has 10 nitrogen and oxygen atoms in total. The van der Waals surface area contributed by atoms with Crippen LogP contribution in [0.15, 0.2) is 70.1 Å². The van der Waals surface area contributed by atoms with Crippen LogP contribution >= 0.6 is 0 Å². The molecule has 0 saturated heterocycles. The van der Waals surface area contributed by atoms with Crippen LogP contribution in [0.2, 0.25) is 0 Å². The summed E-state index contributed by atoms with van der Waals surface area (Å²) in [5.74, 6) is -0.838. The minimum atomic E-state index is -4.65. The van der Waals surface area contributed by atoms with Gasteiger partial charge in [0.25, 0.3) is 10.1 Å². The van der Waals surface area contributed by atoms with Gasteiger partial charge >= 0.3 is 57.4 Å². The fraction of sp³-hybridized carbons (Fsp3) is 0.419. The average molecular weight is 670 g/mol. The number of hydrogen-bond donors (Lipinski definition) is 2. The Morgan fingerprint density at radius 3 is 2.18 bits per heavy atom. The molecule has 0 radical (unpaired) electrons. The quantitative estimate of drug-likeness (QED) is 0.158. The van der Waals surface area contributed by atoms with E-state index < -0.39 is 37.0 Å². The van der Waals surface area contributed by atoms with Crippen LogP contribution in [-0.2, 0) is 35.9 Å². The number of likely N-dealkylation sites (N-methyl/N-ethyl adjacent to an activating group) is 1. The van der Waals surface area contributed by atoms with Crippen LogP contribution in [0.1, 0.15) is 71.4 Å². The fourth-order valence-electron chi connectivity index (χ4n) is 6.16. The first-order valence-corrected chi connectivity index (χ1v) is 17.0. The first-order valence-electron chi connectivity index (χ1n) is 14.2. The number of allylic oxidation sites excluding steroid dienone is 4. The Morgan fingerprint density at radius 2 is 1.59 bits per heavy atom. The van der Waals surface area contributed by atoms with E-state index in [-0.39, 0.29) is 67.6 Å².